The van der Waals surface area contributed by atoms with E-state index in [-0.39, 0.29) is 0 Å². The summed E-state index contributed by atoms with van der Waals surface area (Å²) in [5.74, 6) is 0. The Balaban J connectivity index is 1.48. The van der Waals surface area contributed by atoms with Gasteiger partial charge < -0.3 is 0 Å². The van der Waals surface area contributed by atoms with Gasteiger partial charge in [0.1, 0.15) is 5.69 Å². The first-order chi connectivity index (χ1) is 13.8. The first-order valence-corrected chi connectivity index (χ1v) is 9.60. The Hall–Kier alpha value is -2.73. The minimum atomic E-state index is -4.40. The standard InChI is InChI=1S/C23H22F3N3/c1-15-3-7-21(16(2)28-15)19-5-6-20-14-29(10-9-18(20)11-19)13-17-4-8-22(27-12-17)23(24,25)26/h3-8,11-12H,9-10,13-14H2,1-2H3. The molecule has 0 atom stereocenters. The third-order valence-corrected chi connectivity index (χ3v) is 5.35. The zero-order chi connectivity index (χ0) is 20.6. The molecule has 0 amide bonds. The zero-order valence-corrected chi connectivity index (χ0v) is 16.4. The van der Waals surface area contributed by atoms with Crippen molar-refractivity contribution in [3.63, 3.8) is 0 Å². The highest BCUT2D eigenvalue weighted by molar-refractivity contribution is 5.67. The number of halogens is 3. The van der Waals surface area contributed by atoms with E-state index >= 15 is 0 Å². The Morgan fingerprint density at radius 2 is 1.83 bits per heavy atom. The third kappa shape index (κ3) is 4.32. The summed E-state index contributed by atoms with van der Waals surface area (Å²) in [6.07, 6.45) is -2.16. The van der Waals surface area contributed by atoms with Crippen LogP contribution in [0.2, 0.25) is 0 Å². The van der Waals surface area contributed by atoms with Crippen molar-refractivity contribution in [3.8, 4) is 11.1 Å². The highest BCUT2D eigenvalue weighted by Crippen LogP contribution is 2.29. The van der Waals surface area contributed by atoms with E-state index in [0.29, 0.717) is 6.54 Å². The average Bonchev–Trinajstić information content (AvgIpc) is 2.67. The molecule has 0 unspecified atom stereocenters. The highest BCUT2D eigenvalue weighted by atomic mass is 19.4. The van der Waals surface area contributed by atoms with Crippen LogP contribution in [0, 0.1) is 13.8 Å². The van der Waals surface area contributed by atoms with Gasteiger partial charge in [-0.3, -0.25) is 14.9 Å². The lowest BCUT2D eigenvalue weighted by Crippen LogP contribution is -2.30. The fraction of sp³-hybridized carbons (Fsp3) is 0.304. The molecule has 4 rings (SSSR count). The second kappa shape index (κ2) is 7.59. The van der Waals surface area contributed by atoms with Crippen LogP contribution < -0.4 is 0 Å². The average molecular weight is 397 g/mol. The molecule has 150 valence electrons. The third-order valence-electron chi connectivity index (χ3n) is 5.35. The number of aromatic nitrogens is 2. The van der Waals surface area contributed by atoms with E-state index in [1.54, 1.807) is 0 Å². The number of nitrogens with zero attached hydrogens (tertiary/aromatic N) is 3. The van der Waals surface area contributed by atoms with Crippen molar-refractivity contribution in [3.05, 3.63) is 82.4 Å². The molecule has 6 heteroatoms. The molecule has 3 nitrogen and oxygen atoms in total. The summed E-state index contributed by atoms with van der Waals surface area (Å²) >= 11 is 0. The van der Waals surface area contributed by atoms with E-state index in [2.05, 4.69) is 39.1 Å². The molecule has 0 spiro atoms. The van der Waals surface area contributed by atoms with E-state index in [1.165, 1.54) is 29.0 Å². The summed E-state index contributed by atoms with van der Waals surface area (Å²) in [5, 5.41) is 0. The number of hydrogen-bond acceptors (Lipinski definition) is 3. The van der Waals surface area contributed by atoms with Crippen molar-refractivity contribution in [1.29, 1.82) is 0 Å². The van der Waals surface area contributed by atoms with Gasteiger partial charge in [-0.25, -0.2) is 0 Å². The van der Waals surface area contributed by atoms with Gasteiger partial charge in [0.25, 0.3) is 0 Å². The zero-order valence-electron chi connectivity index (χ0n) is 16.4. The minimum absolute atomic E-state index is 0.591. The van der Waals surface area contributed by atoms with Crippen LogP contribution in [0.15, 0.2) is 48.7 Å². The Kier molecular flexibility index (Phi) is 5.13. The molecule has 0 saturated heterocycles. The number of fused-ring (bicyclic) bond motifs is 1. The van der Waals surface area contributed by atoms with E-state index in [4.69, 9.17) is 0 Å². The molecule has 1 aliphatic heterocycles. The molecule has 2 aromatic heterocycles. The Morgan fingerprint density at radius 3 is 2.52 bits per heavy atom. The maximum Gasteiger partial charge on any atom is 0.433 e. The fourth-order valence-corrected chi connectivity index (χ4v) is 3.85. The Morgan fingerprint density at radius 1 is 1.00 bits per heavy atom. The van der Waals surface area contributed by atoms with Crippen LogP contribution in [-0.2, 0) is 25.7 Å². The molecule has 3 aromatic rings. The summed E-state index contributed by atoms with van der Waals surface area (Å²) in [6.45, 7) is 6.25. The molecular formula is C23H22F3N3. The molecule has 0 fully saturated rings. The second-order valence-electron chi connectivity index (χ2n) is 7.58. The lowest BCUT2D eigenvalue weighted by Gasteiger charge is -2.29. The van der Waals surface area contributed by atoms with Gasteiger partial charge in [0, 0.05) is 42.8 Å². The highest BCUT2D eigenvalue weighted by Gasteiger charge is 2.32. The summed E-state index contributed by atoms with van der Waals surface area (Å²) in [4.78, 5) is 10.4. The lowest BCUT2D eigenvalue weighted by molar-refractivity contribution is -0.141. The van der Waals surface area contributed by atoms with Gasteiger partial charge in [-0.2, -0.15) is 13.2 Å². The molecule has 29 heavy (non-hydrogen) atoms. The summed E-state index contributed by atoms with van der Waals surface area (Å²) in [6, 6.07) is 13.2. The van der Waals surface area contributed by atoms with Crippen molar-refractivity contribution in [1.82, 2.24) is 14.9 Å². The molecule has 1 aromatic carbocycles. The van der Waals surface area contributed by atoms with Gasteiger partial charge in [-0.15, -0.1) is 0 Å². The van der Waals surface area contributed by atoms with Crippen molar-refractivity contribution < 1.29 is 13.2 Å². The number of rotatable bonds is 3. The summed E-state index contributed by atoms with van der Waals surface area (Å²) < 4.78 is 38.0. The molecular weight excluding hydrogens is 375 g/mol. The maximum absolute atomic E-state index is 12.7. The minimum Gasteiger partial charge on any atom is -0.294 e. The topological polar surface area (TPSA) is 29.0 Å². The first-order valence-electron chi connectivity index (χ1n) is 9.60. The summed E-state index contributed by atoms with van der Waals surface area (Å²) in [5.41, 5.74) is 6.89. The first kappa shape index (κ1) is 19.6. The van der Waals surface area contributed by atoms with Crippen LogP contribution in [0.4, 0.5) is 13.2 Å². The van der Waals surface area contributed by atoms with Gasteiger partial charge >= 0.3 is 6.18 Å². The van der Waals surface area contributed by atoms with E-state index in [0.717, 1.165) is 48.1 Å². The molecule has 0 N–H and O–H groups in total. The second-order valence-corrected chi connectivity index (χ2v) is 7.58. The lowest BCUT2D eigenvalue weighted by atomic mass is 9.94. The predicted molar refractivity (Wildman–Crippen MR) is 106 cm³/mol. The predicted octanol–water partition coefficient (Wildman–Crippen LogP) is 5.34. The van der Waals surface area contributed by atoms with Crippen LogP contribution in [0.1, 0.15) is 33.8 Å². The number of benzene rings is 1. The van der Waals surface area contributed by atoms with Gasteiger partial charge in [-0.1, -0.05) is 30.3 Å². The van der Waals surface area contributed by atoms with Crippen molar-refractivity contribution in [2.75, 3.05) is 6.54 Å². The molecule has 0 saturated carbocycles. The van der Waals surface area contributed by atoms with E-state index in [9.17, 15) is 13.2 Å². The monoisotopic (exact) mass is 397 g/mol. The SMILES string of the molecule is Cc1ccc(-c2ccc3c(c2)CCN(Cc2ccc(C(F)(F)F)nc2)C3)c(C)n1. The van der Waals surface area contributed by atoms with Gasteiger partial charge in [0.05, 0.1) is 0 Å². The number of pyridine rings is 2. The van der Waals surface area contributed by atoms with Crippen molar-refractivity contribution in [2.45, 2.75) is 39.5 Å². The van der Waals surface area contributed by atoms with Crippen LogP contribution in [0.5, 0.6) is 0 Å². The molecule has 0 radical (unpaired) electrons. The largest absolute Gasteiger partial charge is 0.433 e. The normalized spacial score (nSPS) is 14.7. The maximum atomic E-state index is 12.7. The number of alkyl halides is 3. The smallest absolute Gasteiger partial charge is 0.294 e. The van der Waals surface area contributed by atoms with Gasteiger partial charge in [-0.05, 0) is 54.7 Å². The fourth-order valence-electron chi connectivity index (χ4n) is 3.85. The van der Waals surface area contributed by atoms with E-state index in [1.807, 2.05) is 19.9 Å². The van der Waals surface area contributed by atoms with Crippen LogP contribution >= 0.6 is 0 Å². The van der Waals surface area contributed by atoms with E-state index < -0.39 is 11.9 Å². The Bertz CT molecular complexity index is 1030. The molecule has 1 aliphatic rings. The molecule has 0 aliphatic carbocycles. The van der Waals surface area contributed by atoms with Gasteiger partial charge in [0.15, 0.2) is 0 Å². The van der Waals surface area contributed by atoms with Crippen LogP contribution in [0.3, 0.4) is 0 Å². The van der Waals surface area contributed by atoms with Crippen molar-refractivity contribution >= 4 is 0 Å². The number of hydrogen-bond donors (Lipinski definition) is 0. The number of aryl methyl sites for hydroxylation is 2. The molecule has 0 bridgehead atoms. The molecule has 3 heterocycles. The quantitative estimate of drug-likeness (QED) is 0.598. The summed E-state index contributed by atoms with van der Waals surface area (Å²) in [7, 11) is 0. The van der Waals surface area contributed by atoms with Crippen LogP contribution in [0.25, 0.3) is 11.1 Å². The van der Waals surface area contributed by atoms with Crippen LogP contribution in [-0.4, -0.2) is 21.4 Å². The van der Waals surface area contributed by atoms with Crippen molar-refractivity contribution in [2.24, 2.45) is 0 Å². The van der Waals surface area contributed by atoms with Gasteiger partial charge in [0.2, 0.25) is 0 Å². The Labute approximate surface area is 168 Å².